The van der Waals surface area contributed by atoms with Gasteiger partial charge >= 0.3 is 5.97 Å². The highest BCUT2D eigenvalue weighted by molar-refractivity contribution is 5.97. The molecule has 0 spiro atoms. The highest BCUT2D eigenvalue weighted by Gasteiger charge is 2.21. The fourth-order valence-electron chi connectivity index (χ4n) is 1.83. The fourth-order valence-corrected chi connectivity index (χ4v) is 1.83. The van der Waals surface area contributed by atoms with Crippen molar-refractivity contribution in [3.8, 4) is 0 Å². The predicted octanol–water partition coefficient (Wildman–Crippen LogP) is 1.88. The van der Waals surface area contributed by atoms with Crippen molar-refractivity contribution in [2.24, 2.45) is 0 Å². The summed E-state index contributed by atoms with van der Waals surface area (Å²) in [4.78, 5) is 34.7. The van der Waals surface area contributed by atoms with Crippen molar-refractivity contribution >= 4 is 23.5 Å². The Labute approximate surface area is 129 Å². The molecule has 2 N–H and O–H groups in total. The zero-order valence-corrected chi connectivity index (χ0v) is 12.7. The third-order valence-electron chi connectivity index (χ3n) is 2.92. The number of allylic oxidation sites excluding steroid dienone is 1. The van der Waals surface area contributed by atoms with Gasteiger partial charge in [0.15, 0.2) is 0 Å². The number of hydrogen-bond acceptors (Lipinski definition) is 4. The molecule has 0 aliphatic heterocycles. The van der Waals surface area contributed by atoms with E-state index in [4.69, 9.17) is 0 Å². The number of esters is 1. The molecule has 2 amide bonds. The van der Waals surface area contributed by atoms with Crippen LogP contribution in [-0.4, -0.2) is 30.9 Å². The maximum atomic E-state index is 12.1. The van der Waals surface area contributed by atoms with Crippen molar-refractivity contribution in [2.45, 2.75) is 25.8 Å². The van der Waals surface area contributed by atoms with Crippen molar-refractivity contribution in [1.82, 2.24) is 5.32 Å². The average Bonchev–Trinajstić information content (AvgIpc) is 2.50. The number of benzene rings is 1. The maximum Gasteiger partial charge on any atom is 0.328 e. The summed E-state index contributed by atoms with van der Waals surface area (Å²) in [5.74, 6) is -1.06. The molecule has 0 aliphatic rings. The van der Waals surface area contributed by atoms with E-state index in [1.54, 1.807) is 30.3 Å². The van der Waals surface area contributed by atoms with Crippen molar-refractivity contribution in [2.75, 3.05) is 12.4 Å². The van der Waals surface area contributed by atoms with Gasteiger partial charge in [0.25, 0.3) is 5.91 Å². The molecule has 0 fully saturated rings. The Bertz CT molecular complexity index is 552. The first-order valence-corrected chi connectivity index (χ1v) is 6.85. The second kappa shape index (κ2) is 8.61. The van der Waals surface area contributed by atoms with Gasteiger partial charge in [0.2, 0.25) is 5.91 Å². The number of methoxy groups -OCH3 is 1. The smallest absolute Gasteiger partial charge is 0.328 e. The van der Waals surface area contributed by atoms with Crippen molar-refractivity contribution < 1.29 is 19.1 Å². The van der Waals surface area contributed by atoms with Crippen LogP contribution in [0.1, 0.15) is 30.1 Å². The third kappa shape index (κ3) is 5.40. The molecule has 0 radical (unpaired) electrons. The number of anilines is 1. The Kier molecular flexibility index (Phi) is 6.82. The van der Waals surface area contributed by atoms with Gasteiger partial charge in [0, 0.05) is 18.2 Å². The molecule has 6 nitrogen and oxygen atoms in total. The molecule has 0 bridgehead atoms. The molecule has 0 saturated carbocycles. The molecule has 0 aliphatic carbocycles. The molecular formula is C16H20N2O4. The van der Waals surface area contributed by atoms with Crippen LogP contribution < -0.4 is 10.6 Å². The van der Waals surface area contributed by atoms with E-state index < -0.39 is 12.0 Å². The minimum Gasteiger partial charge on any atom is -0.467 e. The summed E-state index contributed by atoms with van der Waals surface area (Å²) in [5.41, 5.74) is 0.988. The van der Waals surface area contributed by atoms with Crippen LogP contribution in [0.25, 0.3) is 0 Å². The Morgan fingerprint density at radius 1 is 1.27 bits per heavy atom. The van der Waals surface area contributed by atoms with E-state index in [-0.39, 0.29) is 11.8 Å². The number of amides is 2. The van der Waals surface area contributed by atoms with Gasteiger partial charge in [-0.3, -0.25) is 9.59 Å². The number of ether oxygens (including phenoxy) is 1. The van der Waals surface area contributed by atoms with Crippen LogP contribution in [0.2, 0.25) is 0 Å². The zero-order chi connectivity index (χ0) is 16.5. The monoisotopic (exact) mass is 304 g/mol. The van der Waals surface area contributed by atoms with Crippen LogP contribution in [0.4, 0.5) is 5.69 Å². The quantitative estimate of drug-likeness (QED) is 0.595. The van der Waals surface area contributed by atoms with Crippen molar-refractivity contribution in [3.63, 3.8) is 0 Å². The van der Waals surface area contributed by atoms with Crippen LogP contribution in [0.3, 0.4) is 0 Å². The maximum absolute atomic E-state index is 12.1. The van der Waals surface area contributed by atoms with Gasteiger partial charge in [-0.25, -0.2) is 4.79 Å². The van der Waals surface area contributed by atoms with Gasteiger partial charge in [-0.05, 0) is 37.1 Å². The molecule has 0 heterocycles. The standard InChI is InChI=1S/C16H20N2O4/c1-4-5-6-14(16(21)22-3)18-15(20)12-7-9-13(10-8-12)17-11(2)19/h4,7-10,14H,1,5-6H2,2-3H3,(H,17,19)(H,18,20)/t14-/m0/s1. The van der Waals surface area contributed by atoms with Gasteiger partial charge in [0.05, 0.1) is 7.11 Å². The van der Waals surface area contributed by atoms with Crippen LogP contribution in [0.5, 0.6) is 0 Å². The van der Waals surface area contributed by atoms with E-state index in [0.29, 0.717) is 24.1 Å². The number of rotatable bonds is 7. The molecular weight excluding hydrogens is 284 g/mol. The number of hydrogen-bond donors (Lipinski definition) is 2. The molecule has 1 atom stereocenters. The highest BCUT2D eigenvalue weighted by atomic mass is 16.5. The van der Waals surface area contributed by atoms with E-state index in [2.05, 4.69) is 21.9 Å². The lowest BCUT2D eigenvalue weighted by Crippen LogP contribution is -2.41. The summed E-state index contributed by atoms with van der Waals surface area (Å²) in [5, 5.41) is 5.24. The summed E-state index contributed by atoms with van der Waals surface area (Å²) in [6, 6.07) is 5.66. The Morgan fingerprint density at radius 3 is 2.41 bits per heavy atom. The number of carbonyl (C=O) groups excluding carboxylic acids is 3. The minimum absolute atomic E-state index is 0.188. The first kappa shape index (κ1) is 17.4. The van der Waals surface area contributed by atoms with E-state index in [1.165, 1.54) is 14.0 Å². The Hall–Kier alpha value is -2.63. The van der Waals surface area contributed by atoms with E-state index in [9.17, 15) is 14.4 Å². The lowest BCUT2D eigenvalue weighted by atomic mass is 10.1. The Balaban J connectivity index is 2.74. The summed E-state index contributed by atoms with van der Waals surface area (Å²) >= 11 is 0. The van der Waals surface area contributed by atoms with Crippen LogP contribution >= 0.6 is 0 Å². The lowest BCUT2D eigenvalue weighted by Gasteiger charge is -2.15. The molecule has 22 heavy (non-hydrogen) atoms. The van der Waals surface area contributed by atoms with Crippen LogP contribution in [0.15, 0.2) is 36.9 Å². The predicted molar refractivity (Wildman–Crippen MR) is 83.4 cm³/mol. The van der Waals surface area contributed by atoms with E-state index >= 15 is 0 Å². The summed E-state index contributed by atoms with van der Waals surface area (Å²) in [7, 11) is 1.28. The van der Waals surface area contributed by atoms with Gasteiger partial charge in [-0.15, -0.1) is 6.58 Å². The van der Waals surface area contributed by atoms with E-state index in [1.807, 2.05) is 0 Å². The first-order chi connectivity index (χ1) is 10.5. The molecule has 6 heteroatoms. The topological polar surface area (TPSA) is 84.5 Å². The molecule has 1 aromatic carbocycles. The highest BCUT2D eigenvalue weighted by Crippen LogP contribution is 2.10. The minimum atomic E-state index is -0.717. The average molecular weight is 304 g/mol. The largest absolute Gasteiger partial charge is 0.467 e. The first-order valence-electron chi connectivity index (χ1n) is 6.85. The Morgan fingerprint density at radius 2 is 1.91 bits per heavy atom. The molecule has 118 valence electrons. The second-order valence-electron chi connectivity index (χ2n) is 4.67. The molecule has 0 unspecified atom stereocenters. The zero-order valence-electron chi connectivity index (χ0n) is 12.7. The molecule has 0 aromatic heterocycles. The molecule has 0 saturated heterocycles. The third-order valence-corrected chi connectivity index (χ3v) is 2.92. The SMILES string of the molecule is C=CCC[C@H](NC(=O)c1ccc(NC(C)=O)cc1)C(=O)OC. The normalized spacial score (nSPS) is 11.2. The van der Waals surface area contributed by atoms with Crippen molar-refractivity contribution in [1.29, 1.82) is 0 Å². The van der Waals surface area contributed by atoms with E-state index in [0.717, 1.165) is 0 Å². The molecule has 1 rings (SSSR count). The summed E-state index contributed by atoms with van der Waals surface area (Å²) in [6.45, 7) is 4.99. The van der Waals surface area contributed by atoms with Crippen LogP contribution in [0, 0.1) is 0 Å². The summed E-state index contributed by atoms with van der Waals surface area (Å²) < 4.78 is 4.67. The van der Waals surface area contributed by atoms with Crippen LogP contribution in [-0.2, 0) is 14.3 Å². The van der Waals surface area contributed by atoms with Gasteiger partial charge in [-0.2, -0.15) is 0 Å². The fraction of sp³-hybridized carbons (Fsp3) is 0.312. The van der Waals surface area contributed by atoms with Crippen molar-refractivity contribution in [3.05, 3.63) is 42.5 Å². The van der Waals surface area contributed by atoms with Gasteiger partial charge < -0.3 is 15.4 Å². The van der Waals surface area contributed by atoms with Gasteiger partial charge in [0.1, 0.15) is 6.04 Å². The molecule has 1 aromatic rings. The second-order valence-corrected chi connectivity index (χ2v) is 4.67. The lowest BCUT2D eigenvalue weighted by molar-refractivity contribution is -0.143. The summed E-state index contributed by atoms with van der Waals surface area (Å²) in [6.07, 6.45) is 2.68. The van der Waals surface area contributed by atoms with Gasteiger partial charge in [-0.1, -0.05) is 6.08 Å². The number of carbonyl (C=O) groups is 3. The number of nitrogens with one attached hydrogen (secondary N) is 2.